The maximum atomic E-state index is 12.2. The molecule has 1 aromatic rings. The van der Waals surface area contributed by atoms with Gasteiger partial charge in [0.25, 0.3) is 0 Å². The summed E-state index contributed by atoms with van der Waals surface area (Å²) >= 11 is 4.83. The number of aryl methyl sites for hydroxylation is 1. The van der Waals surface area contributed by atoms with Crippen LogP contribution in [0, 0.1) is 6.92 Å². The van der Waals surface area contributed by atoms with Crippen LogP contribution in [0.4, 0.5) is 0 Å². The van der Waals surface area contributed by atoms with Gasteiger partial charge in [-0.1, -0.05) is 24.4 Å². The lowest BCUT2D eigenvalue weighted by molar-refractivity contribution is -0.120. The van der Waals surface area contributed by atoms with Crippen molar-refractivity contribution in [1.82, 2.24) is 10.0 Å². The monoisotopic (exact) mass is 315 g/mol. The van der Waals surface area contributed by atoms with Crippen LogP contribution in [0.5, 0.6) is 0 Å². The highest BCUT2D eigenvalue weighted by molar-refractivity contribution is 7.89. The lowest BCUT2D eigenvalue weighted by Gasteiger charge is -2.10. The second-order valence-electron chi connectivity index (χ2n) is 4.17. The summed E-state index contributed by atoms with van der Waals surface area (Å²) in [7, 11) is -2.20. The molecule has 6 nitrogen and oxygen atoms in total. The molecule has 0 saturated heterocycles. The molecule has 0 aliphatic heterocycles. The van der Waals surface area contributed by atoms with Crippen LogP contribution in [0.2, 0.25) is 0 Å². The van der Waals surface area contributed by atoms with Gasteiger partial charge < -0.3 is 11.1 Å². The maximum Gasteiger partial charge on any atom is 0.240 e. The van der Waals surface area contributed by atoms with E-state index in [9.17, 15) is 13.2 Å². The predicted octanol–water partition coefficient (Wildman–Crippen LogP) is 0.0436. The van der Waals surface area contributed by atoms with Gasteiger partial charge in [-0.15, -0.1) is 0 Å². The highest BCUT2D eigenvalue weighted by atomic mass is 32.2. The number of carbonyl (C=O) groups is 1. The number of thiocarbonyl (C=S) groups is 1. The predicted molar refractivity (Wildman–Crippen MR) is 80.9 cm³/mol. The first-order chi connectivity index (χ1) is 9.27. The minimum absolute atomic E-state index is 0.0265. The number of hydrogen-bond donors (Lipinski definition) is 3. The summed E-state index contributed by atoms with van der Waals surface area (Å²) in [5, 5.41) is 2.42. The van der Waals surface area contributed by atoms with Crippen molar-refractivity contribution >= 4 is 33.1 Å². The van der Waals surface area contributed by atoms with E-state index >= 15 is 0 Å². The van der Waals surface area contributed by atoms with Crippen molar-refractivity contribution in [3.8, 4) is 0 Å². The van der Waals surface area contributed by atoms with E-state index in [1.807, 2.05) is 0 Å². The number of amides is 1. The van der Waals surface area contributed by atoms with E-state index in [-0.39, 0.29) is 28.8 Å². The van der Waals surface area contributed by atoms with Gasteiger partial charge in [-0.3, -0.25) is 4.79 Å². The fraction of sp³-hybridized carbons (Fsp3) is 0.333. The zero-order valence-corrected chi connectivity index (χ0v) is 12.9. The first-order valence-electron chi connectivity index (χ1n) is 5.88. The molecule has 0 fully saturated rings. The standard InChI is InChI=1S/C12H17N3O3S2/c1-8-3-4-9(12(13)19)7-10(8)20(17,18)15-6-5-11(16)14-2/h3-4,7,15H,5-6H2,1-2H3,(H2,13,19)(H,14,16). The van der Waals surface area contributed by atoms with E-state index in [4.69, 9.17) is 18.0 Å². The number of carbonyl (C=O) groups excluding carboxylic acids is 1. The fourth-order valence-corrected chi connectivity index (χ4v) is 2.97. The SMILES string of the molecule is CNC(=O)CCNS(=O)(=O)c1cc(C(N)=S)ccc1C. The molecule has 0 spiro atoms. The minimum atomic E-state index is -3.70. The lowest BCUT2D eigenvalue weighted by Crippen LogP contribution is -2.29. The molecule has 0 aliphatic rings. The molecule has 0 aromatic heterocycles. The molecule has 0 aliphatic carbocycles. The summed E-state index contributed by atoms with van der Waals surface area (Å²) in [6.45, 7) is 1.70. The number of hydrogen-bond acceptors (Lipinski definition) is 4. The van der Waals surface area contributed by atoms with Gasteiger partial charge >= 0.3 is 0 Å². The molecule has 1 aromatic carbocycles. The molecule has 4 N–H and O–H groups in total. The van der Waals surface area contributed by atoms with E-state index in [1.165, 1.54) is 13.1 Å². The molecule has 1 rings (SSSR count). The summed E-state index contributed by atoms with van der Waals surface area (Å²) < 4.78 is 26.7. The topological polar surface area (TPSA) is 101 Å². The fourth-order valence-electron chi connectivity index (χ4n) is 1.54. The van der Waals surface area contributed by atoms with Gasteiger partial charge in [0.2, 0.25) is 15.9 Å². The molecule has 0 unspecified atom stereocenters. The highest BCUT2D eigenvalue weighted by Crippen LogP contribution is 2.17. The molecular weight excluding hydrogens is 298 g/mol. The van der Waals surface area contributed by atoms with Crippen LogP contribution in [0.15, 0.2) is 23.1 Å². The van der Waals surface area contributed by atoms with Crippen LogP contribution < -0.4 is 15.8 Å². The van der Waals surface area contributed by atoms with Crippen molar-refractivity contribution in [2.24, 2.45) is 5.73 Å². The van der Waals surface area contributed by atoms with Gasteiger partial charge in [0.15, 0.2) is 0 Å². The van der Waals surface area contributed by atoms with Crippen LogP contribution in [0.25, 0.3) is 0 Å². The summed E-state index contributed by atoms with van der Waals surface area (Å²) in [5.41, 5.74) is 6.56. The Bertz CT molecular complexity index is 627. The van der Waals surface area contributed by atoms with Crippen molar-refractivity contribution < 1.29 is 13.2 Å². The van der Waals surface area contributed by atoms with E-state index < -0.39 is 10.0 Å². The van der Waals surface area contributed by atoms with Gasteiger partial charge in [-0.05, 0) is 18.6 Å². The second-order valence-corrected chi connectivity index (χ2v) is 6.34. The third kappa shape index (κ3) is 4.26. The van der Waals surface area contributed by atoms with E-state index in [2.05, 4.69) is 10.0 Å². The number of sulfonamides is 1. The second kappa shape index (κ2) is 6.78. The Kier molecular flexibility index (Phi) is 5.61. The van der Waals surface area contributed by atoms with Gasteiger partial charge in [0.05, 0.1) is 4.90 Å². The first kappa shape index (κ1) is 16.5. The van der Waals surface area contributed by atoms with Crippen LogP contribution in [-0.2, 0) is 14.8 Å². The average Bonchev–Trinajstić information content (AvgIpc) is 2.38. The van der Waals surface area contributed by atoms with Crippen LogP contribution >= 0.6 is 12.2 Å². The van der Waals surface area contributed by atoms with E-state index in [0.29, 0.717) is 11.1 Å². The smallest absolute Gasteiger partial charge is 0.240 e. The zero-order valence-electron chi connectivity index (χ0n) is 11.3. The van der Waals surface area contributed by atoms with Gasteiger partial charge in [0, 0.05) is 25.6 Å². The maximum absolute atomic E-state index is 12.2. The first-order valence-corrected chi connectivity index (χ1v) is 7.78. The van der Waals surface area contributed by atoms with Crippen molar-refractivity contribution in [1.29, 1.82) is 0 Å². The molecule has 0 heterocycles. The lowest BCUT2D eigenvalue weighted by atomic mass is 10.1. The number of benzene rings is 1. The molecule has 0 bridgehead atoms. The summed E-state index contributed by atoms with van der Waals surface area (Å²) in [5.74, 6) is -0.235. The minimum Gasteiger partial charge on any atom is -0.389 e. The van der Waals surface area contributed by atoms with Crippen LogP contribution in [0.3, 0.4) is 0 Å². The summed E-state index contributed by atoms with van der Waals surface area (Å²) in [6.07, 6.45) is 0.0732. The van der Waals surface area contributed by atoms with E-state index in [1.54, 1.807) is 19.1 Å². The molecule has 1 amide bonds. The summed E-state index contributed by atoms with van der Waals surface area (Å²) in [6, 6.07) is 4.74. The number of rotatable bonds is 6. The quantitative estimate of drug-likeness (QED) is 0.644. The molecule has 0 atom stereocenters. The zero-order chi connectivity index (χ0) is 15.3. The van der Waals surface area contributed by atoms with Crippen molar-refractivity contribution in [2.75, 3.05) is 13.6 Å². The molecule has 20 heavy (non-hydrogen) atoms. The Hall–Kier alpha value is -1.51. The molecule has 0 saturated carbocycles. The Labute approximate surface area is 123 Å². The normalized spacial score (nSPS) is 11.1. The van der Waals surface area contributed by atoms with Gasteiger partial charge in [-0.25, -0.2) is 13.1 Å². The largest absolute Gasteiger partial charge is 0.389 e. The third-order valence-electron chi connectivity index (χ3n) is 2.69. The Morgan fingerprint density at radius 1 is 1.40 bits per heavy atom. The summed E-state index contributed by atoms with van der Waals surface area (Å²) in [4.78, 5) is 11.3. The average molecular weight is 315 g/mol. The molecule has 110 valence electrons. The van der Waals surface area contributed by atoms with Crippen LogP contribution in [0.1, 0.15) is 17.5 Å². The van der Waals surface area contributed by atoms with Crippen molar-refractivity contribution in [2.45, 2.75) is 18.2 Å². The van der Waals surface area contributed by atoms with Crippen molar-refractivity contribution in [3.63, 3.8) is 0 Å². The molecule has 8 heteroatoms. The van der Waals surface area contributed by atoms with Gasteiger partial charge in [0.1, 0.15) is 4.99 Å². The highest BCUT2D eigenvalue weighted by Gasteiger charge is 2.17. The number of nitrogens with one attached hydrogen (secondary N) is 2. The Morgan fingerprint density at radius 2 is 2.05 bits per heavy atom. The van der Waals surface area contributed by atoms with Crippen molar-refractivity contribution in [3.05, 3.63) is 29.3 Å². The number of nitrogens with two attached hydrogens (primary N) is 1. The van der Waals surface area contributed by atoms with E-state index in [0.717, 1.165) is 0 Å². The Morgan fingerprint density at radius 3 is 2.60 bits per heavy atom. The Balaban J connectivity index is 2.94. The molecule has 0 radical (unpaired) electrons. The third-order valence-corrected chi connectivity index (χ3v) is 4.52. The molecular formula is C12H17N3O3S2. The van der Waals surface area contributed by atoms with Crippen LogP contribution in [-0.4, -0.2) is 32.9 Å². The van der Waals surface area contributed by atoms with Gasteiger partial charge in [-0.2, -0.15) is 0 Å².